The van der Waals surface area contributed by atoms with Gasteiger partial charge in [0.25, 0.3) is 0 Å². The van der Waals surface area contributed by atoms with E-state index in [2.05, 4.69) is 11.7 Å². The number of hydrogen-bond acceptors (Lipinski definition) is 4. The largest absolute Gasteiger partial charge is 0.267 e. The zero-order chi connectivity index (χ0) is 7.98. The Morgan fingerprint density at radius 1 is 2.00 bits per heavy atom. The number of nitriles is 1. The van der Waals surface area contributed by atoms with Gasteiger partial charge in [-0.3, -0.25) is 10.8 Å². The number of nitrogens with zero attached hydrogens (tertiary/aromatic N) is 3. The maximum Gasteiger partial charge on any atom is 0.0931 e. The Morgan fingerprint density at radius 3 is 2.90 bits per heavy atom. The van der Waals surface area contributed by atoms with Gasteiger partial charge in [0.1, 0.15) is 0 Å². The van der Waals surface area contributed by atoms with Crippen molar-refractivity contribution in [2.24, 2.45) is 10.8 Å². The van der Waals surface area contributed by atoms with Crippen LogP contribution in [0, 0.1) is 11.3 Å². The highest BCUT2D eigenvalue weighted by molar-refractivity contribution is 6.13. The van der Waals surface area contributed by atoms with Gasteiger partial charge in [-0.05, 0) is 18.5 Å². The highest BCUT2D eigenvalue weighted by Crippen LogP contribution is 1.97. The average molecular weight is 159 g/mol. The third kappa shape index (κ3) is 4.04. The molecule has 0 aromatic rings. The van der Waals surface area contributed by atoms with Gasteiger partial charge in [0.15, 0.2) is 0 Å². The predicted molar refractivity (Wildman–Crippen MR) is 40.0 cm³/mol. The molecule has 0 saturated carbocycles. The quantitative estimate of drug-likeness (QED) is 0.213. The van der Waals surface area contributed by atoms with Crippen molar-refractivity contribution >= 4 is 18.5 Å². The summed E-state index contributed by atoms with van der Waals surface area (Å²) in [7, 11) is 0. The summed E-state index contributed by atoms with van der Waals surface area (Å²) in [6.07, 6.45) is 1.23. The van der Waals surface area contributed by atoms with Gasteiger partial charge >= 0.3 is 0 Å². The van der Waals surface area contributed by atoms with Crippen LogP contribution in [0.2, 0.25) is 0 Å². The second kappa shape index (κ2) is 4.94. The molecule has 4 nitrogen and oxygen atoms in total. The van der Waals surface area contributed by atoms with Crippen molar-refractivity contribution in [2.45, 2.75) is 0 Å². The second-order valence-electron chi connectivity index (χ2n) is 1.48. The number of nitrogens with two attached hydrogens (primary N) is 1. The molecule has 0 amide bonds. The molecule has 0 atom stereocenters. The molecule has 0 fully saturated rings. The van der Waals surface area contributed by atoms with Crippen molar-refractivity contribution in [3.8, 4) is 6.07 Å². The van der Waals surface area contributed by atoms with Crippen molar-refractivity contribution in [3.63, 3.8) is 0 Å². The van der Waals surface area contributed by atoms with Crippen molar-refractivity contribution in [1.29, 1.82) is 5.26 Å². The van der Waals surface area contributed by atoms with E-state index < -0.39 is 0 Å². The lowest BCUT2D eigenvalue weighted by Crippen LogP contribution is -2.21. The molecule has 2 N–H and O–H groups in total. The van der Waals surface area contributed by atoms with E-state index in [1.54, 1.807) is 6.07 Å². The first-order valence-corrected chi connectivity index (χ1v) is 2.78. The van der Waals surface area contributed by atoms with E-state index in [1.165, 1.54) is 6.08 Å². The van der Waals surface area contributed by atoms with Crippen LogP contribution >= 0.6 is 11.8 Å². The summed E-state index contributed by atoms with van der Waals surface area (Å²) in [5.74, 6) is 5.06. The Labute approximate surface area is 64.3 Å². The van der Waals surface area contributed by atoms with Crippen LogP contribution in [0.5, 0.6) is 0 Å². The van der Waals surface area contributed by atoms with Crippen LogP contribution in [0.3, 0.4) is 0 Å². The topological polar surface area (TPSA) is 65.4 Å². The molecule has 0 aromatic carbocycles. The van der Waals surface area contributed by atoms with E-state index in [0.717, 1.165) is 4.53 Å². The lowest BCUT2D eigenvalue weighted by molar-refractivity contribution is 0.520. The van der Waals surface area contributed by atoms with Gasteiger partial charge in [-0.1, -0.05) is 0 Å². The van der Waals surface area contributed by atoms with E-state index in [0.29, 0.717) is 5.70 Å². The van der Waals surface area contributed by atoms with Crippen LogP contribution in [0.15, 0.2) is 16.8 Å². The number of rotatable bonds is 3. The molecule has 0 unspecified atom stereocenters. The van der Waals surface area contributed by atoms with E-state index in [1.807, 2.05) is 0 Å². The summed E-state index contributed by atoms with van der Waals surface area (Å²) in [5.41, 5.74) is 0.444. The third-order valence-electron chi connectivity index (χ3n) is 0.747. The summed E-state index contributed by atoms with van der Waals surface area (Å²) in [6.45, 7) is 3.43. The Morgan fingerprint density at radius 2 is 2.60 bits per heavy atom. The third-order valence-corrected chi connectivity index (χ3v) is 0.867. The molecular weight excluding hydrogens is 152 g/mol. The van der Waals surface area contributed by atoms with Gasteiger partial charge in [0.2, 0.25) is 0 Å². The molecule has 0 aliphatic heterocycles. The standard InChI is InChI=1S/C5H7ClN4/c1-9-5(2-3-7)4-10(6)8/h2H,1,4,8H2. The van der Waals surface area contributed by atoms with Crippen LogP contribution < -0.4 is 5.84 Å². The Balaban J connectivity index is 3.99. The first-order chi connectivity index (χ1) is 4.70. The SMILES string of the molecule is C=NC(=CC#N)CN(N)Cl. The highest BCUT2D eigenvalue weighted by Gasteiger charge is 1.96. The molecule has 5 heteroatoms. The van der Waals surface area contributed by atoms with Gasteiger partial charge in [-0.25, -0.2) is 0 Å². The van der Waals surface area contributed by atoms with Gasteiger partial charge in [-0.15, -0.1) is 0 Å². The second-order valence-corrected chi connectivity index (χ2v) is 1.91. The molecule has 10 heavy (non-hydrogen) atoms. The van der Waals surface area contributed by atoms with Gasteiger partial charge in [0.05, 0.1) is 18.3 Å². The minimum Gasteiger partial charge on any atom is -0.267 e. The molecule has 0 aromatic heterocycles. The van der Waals surface area contributed by atoms with Gasteiger partial charge < -0.3 is 0 Å². The molecule has 0 spiro atoms. The van der Waals surface area contributed by atoms with Crippen LogP contribution in [0.25, 0.3) is 0 Å². The molecule has 0 bridgehead atoms. The molecule has 0 radical (unpaired) electrons. The van der Waals surface area contributed by atoms with Crippen LogP contribution in [-0.4, -0.2) is 17.8 Å². The Kier molecular flexibility index (Phi) is 4.50. The van der Waals surface area contributed by atoms with Crippen LogP contribution in [0.1, 0.15) is 0 Å². The van der Waals surface area contributed by atoms with Crippen LogP contribution in [-0.2, 0) is 0 Å². The molecule has 0 aliphatic carbocycles. The Bertz CT molecular complexity index is 179. The fourth-order valence-corrected chi connectivity index (χ4v) is 0.493. The number of aliphatic imine (C=N–C) groups is 1. The molecule has 0 saturated heterocycles. The Hall–Kier alpha value is -0.890. The predicted octanol–water partition coefficient (Wildman–Crippen LogP) is 0.424. The van der Waals surface area contributed by atoms with Crippen molar-refractivity contribution in [2.75, 3.05) is 6.54 Å². The van der Waals surface area contributed by atoms with E-state index in [4.69, 9.17) is 22.9 Å². The molecule has 0 heterocycles. The summed E-state index contributed by atoms with van der Waals surface area (Å²) in [5, 5.41) is 8.16. The lowest BCUT2D eigenvalue weighted by Gasteiger charge is -2.03. The molecular formula is C5H7ClN4. The summed E-state index contributed by atoms with van der Waals surface area (Å²) in [6, 6.07) is 1.79. The number of halogens is 1. The minimum absolute atomic E-state index is 0.207. The monoisotopic (exact) mass is 158 g/mol. The summed E-state index contributed by atoms with van der Waals surface area (Å²) in [4.78, 5) is 3.50. The zero-order valence-corrected chi connectivity index (χ0v) is 6.04. The normalized spacial score (nSPS) is 11.2. The van der Waals surface area contributed by atoms with Gasteiger partial charge in [0, 0.05) is 6.08 Å². The van der Waals surface area contributed by atoms with Crippen molar-refractivity contribution in [1.82, 2.24) is 4.53 Å². The first kappa shape index (κ1) is 9.11. The maximum atomic E-state index is 8.16. The number of allylic oxidation sites excluding steroid dienone is 1. The highest BCUT2D eigenvalue weighted by atomic mass is 35.5. The van der Waals surface area contributed by atoms with E-state index in [-0.39, 0.29) is 6.54 Å². The van der Waals surface area contributed by atoms with Crippen LogP contribution in [0.4, 0.5) is 0 Å². The number of hydrazine groups is 1. The lowest BCUT2D eigenvalue weighted by atomic mass is 10.4. The number of hydrogen-bond donors (Lipinski definition) is 1. The zero-order valence-electron chi connectivity index (χ0n) is 5.29. The first-order valence-electron chi connectivity index (χ1n) is 2.44. The van der Waals surface area contributed by atoms with E-state index in [9.17, 15) is 0 Å². The summed E-state index contributed by atoms with van der Waals surface area (Å²) < 4.78 is 0.901. The van der Waals surface area contributed by atoms with E-state index >= 15 is 0 Å². The molecule has 0 rings (SSSR count). The van der Waals surface area contributed by atoms with Crippen molar-refractivity contribution < 1.29 is 0 Å². The van der Waals surface area contributed by atoms with Gasteiger partial charge in [-0.2, -0.15) is 9.79 Å². The maximum absolute atomic E-state index is 8.16. The summed E-state index contributed by atoms with van der Waals surface area (Å²) >= 11 is 5.26. The smallest absolute Gasteiger partial charge is 0.0931 e. The average Bonchev–Trinajstić information content (AvgIpc) is 1.86. The molecule has 0 aliphatic rings. The molecule has 54 valence electrons. The minimum atomic E-state index is 0.207. The van der Waals surface area contributed by atoms with Crippen molar-refractivity contribution in [3.05, 3.63) is 11.8 Å². The fourth-order valence-electron chi connectivity index (χ4n) is 0.371. The fraction of sp³-hybridized carbons (Fsp3) is 0.200.